The van der Waals surface area contributed by atoms with Crippen LogP contribution in [0.15, 0.2) is 96.8 Å². The van der Waals surface area contributed by atoms with Crippen molar-refractivity contribution in [2.24, 2.45) is 0 Å². The third-order valence-corrected chi connectivity index (χ3v) is 3.72. The van der Waals surface area contributed by atoms with Crippen LogP contribution in [0.2, 0.25) is 0 Å². The van der Waals surface area contributed by atoms with Crippen LogP contribution in [0.4, 0.5) is 5.69 Å². The average molecular weight is 329 g/mol. The van der Waals surface area contributed by atoms with Gasteiger partial charge in [-0.25, -0.2) is 0 Å². The molecule has 0 radical (unpaired) electrons. The molecule has 25 heavy (non-hydrogen) atoms. The zero-order valence-corrected chi connectivity index (χ0v) is 14.0. The molecule has 0 fully saturated rings. The summed E-state index contributed by atoms with van der Waals surface area (Å²) in [6.45, 7) is 1.72. The van der Waals surface area contributed by atoms with E-state index in [4.69, 9.17) is 4.74 Å². The van der Waals surface area contributed by atoms with Crippen molar-refractivity contribution in [3.05, 3.63) is 96.8 Å². The summed E-state index contributed by atoms with van der Waals surface area (Å²) in [5.41, 5.74) is 3.53. The fourth-order valence-electron chi connectivity index (χ4n) is 2.32. The Hall–Kier alpha value is -3.33. The van der Waals surface area contributed by atoms with E-state index in [2.05, 4.69) is 17.4 Å². The van der Waals surface area contributed by atoms with Crippen LogP contribution in [0.3, 0.4) is 0 Å². The second-order valence-electron chi connectivity index (χ2n) is 5.63. The average Bonchev–Trinajstić information content (AvgIpc) is 2.68. The van der Waals surface area contributed by atoms with Gasteiger partial charge in [-0.1, -0.05) is 60.7 Å². The number of hydrogen-bond acceptors (Lipinski definition) is 2. The van der Waals surface area contributed by atoms with Crippen molar-refractivity contribution >= 4 is 11.6 Å². The van der Waals surface area contributed by atoms with E-state index < -0.39 is 0 Å². The molecule has 1 amide bonds. The van der Waals surface area contributed by atoms with E-state index in [0.29, 0.717) is 11.3 Å². The molecule has 0 spiro atoms. The van der Waals surface area contributed by atoms with Crippen LogP contribution >= 0.6 is 0 Å². The number of nitrogens with one attached hydrogen (secondary N) is 1. The highest BCUT2D eigenvalue weighted by molar-refractivity contribution is 6.03. The molecule has 0 aromatic heterocycles. The topological polar surface area (TPSA) is 38.3 Å². The standard InChI is InChI=1S/C22H19NO2/c1-17(22(24)23-20-10-6-3-7-11-20)16-25-21-14-12-19(13-15-21)18-8-4-2-5-9-18/h2-16H,1H3,(H,23,24)/b17-16+. The van der Waals surface area contributed by atoms with Gasteiger partial charge in [-0.3, -0.25) is 4.79 Å². The normalized spacial score (nSPS) is 11.0. The van der Waals surface area contributed by atoms with Gasteiger partial charge in [0.15, 0.2) is 0 Å². The number of benzene rings is 3. The maximum atomic E-state index is 12.1. The van der Waals surface area contributed by atoms with Crippen molar-refractivity contribution in [2.45, 2.75) is 6.92 Å². The number of anilines is 1. The van der Waals surface area contributed by atoms with E-state index >= 15 is 0 Å². The molecule has 124 valence electrons. The minimum absolute atomic E-state index is 0.188. The molecular formula is C22H19NO2. The van der Waals surface area contributed by atoms with E-state index in [9.17, 15) is 4.79 Å². The zero-order chi connectivity index (χ0) is 17.5. The molecular weight excluding hydrogens is 310 g/mol. The number of amides is 1. The minimum atomic E-state index is -0.188. The van der Waals surface area contributed by atoms with Gasteiger partial charge in [0.2, 0.25) is 0 Å². The van der Waals surface area contributed by atoms with Gasteiger partial charge in [0.05, 0.1) is 6.26 Å². The Morgan fingerprint density at radius 2 is 1.36 bits per heavy atom. The first-order chi connectivity index (χ1) is 12.2. The van der Waals surface area contributed by atoms with Crippen LogP contribution in [-0.4, -0.2) is 5.91 Å². The van der Waals surface area contributed by atoms with Crippen molar-refractivity contribution in [1.29, 1.82) is 0 Å². The summed E-state index contributed by atoms with van der Waals surface area (Å²) in [6, 6.07) is 27.3. The first-order valence-electron chi connectivity index (χ1n) is 8.08. The summed E-state index contributed by atoms with van der Waals surface area (Å²) in [6.07, 6.45) is 1.47. The number of hydrogen-bond donors (Lipinski definition) is 1. The van der Waals surface area contributed by atoms with Gasteiger partial charge in [-0.05, 0) is 42.3 Å². The smallest absolute Gasteiger partial charge is 0.254 e. The number of ether oxygens (including phenoxy) is 1. The first kappa shape index (κ1) is 16.5. The number of carbonyl (C=O) groups is 1. The summed E-state index contributed by atoms with van der Waals surface area (Å²) >= 11 is 0. The Bertz CT molecular complexity index is 854. The SMILES string of the molecule is C/C(=C\Oc1ccc(-c2ccccc2)cc1)C(=O)Nc1ccccc1. The van der Waals surface area contributed by atoms with Gasteiger partial charge >= 0.3 is 0 Å². The summed E-state index contributed by atoms with van der Waals surface area (Å²) < 4.78 is 5.59. The van der Waals surface area contributed by atoms with Crippen LogP contribution in [0.1, 0.15) is 6.92 Å². The van der Waals surface area contributed by atoms with E-state index in [1.54, 1.807) is 6.92 Å². The maximum Gasteiger partial charge on any atom is 0.254 e. The summed E-state index contributed by atoms with van der Waals surface area (Å²) in [7, 11) is 0. The van der Waals surface area contributed by atoms with Gasteiger partial charge in [-0.2, -0.15) is 0 Å². The van der Waals surface area contributed by atoms with Crippen molar-refractivity contribution in [3.63, 3.8) is 0 Å². The molecule has 0 saturated carbocycles. The largest absolute Gasteiger partial charge is 0.465 e. The van der Waals surface area contributed by atoms with Crippen molar-refractivity contribution in [1.82, 2.24) is 0 Å². The Labute approximate surface area is 147 Å². The lowest BCUT2D eigenvalue weighted by molar-refractivity contribution is -0.112. The van der Waals surface area contributed by atoms with Gasteiger partial charge in [0.1, 0.15) is 5.75 Å². The van der Waals surface area contributed by atoms with Gasteiger partial charge in [0.25, 0.3) is 5.91 Å². The Balaban J connectivity index is 1.62. The molecule has 0 aliphatic heterocycles. The molecule has 0 saturated heterocycles. The quantitative estimate of drug-likeness (QED) is 0.511. The zero-order valence-electron chi connectivity index (χ0n) is 14.0. The van der Waals surface area contributed by atoms with Crippen LogP contribution in [0.25, 0.3) is 11.1 Å². The minimum Gasteiger partial charge on any atom is -0.465 e. The van der Waals surface area contributed by atoms with Gasteiger partial charge < -0.3 is 10.1 Å². The molecule has 3 aromatic rings. The number of para-hydroxylation sites is 1. The lowest BCUT2D eigenvalue weighted by Crippen LogP contribution is -2.13. The van der Waals surface area contributed by atoms with Crippen molar-refractivity contribution in [2.75, 3.05) is 5.32 Å². The molecule has 3 aromatic carbocycles. The molecule has 0 aliphatic carbocycles. The highest BCUT2D eigenvalue weighted by Gasteiger charge is 2.05. The Kier molecular flexibility index (Phi) is 5.27. The molecule has 3 heteroatoms. The van der Waals surface area contributed by atoms with E-state index in [1.165, 1.54) is 6.26 Å². The molecule has 0 atom stereocenters. The fourth-order valence-corrected chi connectivity index (χ4v) is 2.32. The van der Waals surface area contributed by atoms with Crippen LogP contribution in [0.5, 0.6) is 5.75 Å². The van der Waals surface area contributed by atoms with Gasteiger partial charge in [-0.15, -0.1) is 0 Å². The summed E-state index contributed by atoms with van der Waals surface area (Å²) in [5, 5.41) is 2.82. The van der Waals surface area contributed by atoms with E-state index in [0.717, 1.165) is 16.8 Å². The van der Waals surface area contributed by atoms with E-state index in [1.807, 2.05) is 72.8 Å². The first-order valence-corrected chi connectivity index (χ1v) is 8.08. The predicted molar refractivity (Wildman–Crippen MR) is 101 cm³/mol. The Morgan fingerprint density at radius 3 is 2.00 bits per heavy atom. The molecule has 3 nitrogen and oxygen atoms in total. The Morgan fingerprint density at radius 1 is 0.800 bits per heavy atom. The third-order valence-electron chi connectivity index (χ3n) is 3.72. The molecule has 0 aliphatic rings. The lowest BCUT2D eigenvalue weighted by atomic mass is 10.1. The second-order valence-corrected chi connectivity index (χ2v) is 5.63. The number of carbonyl (C=O) groups excluding carboxylic acids is 1. The van der Waals surface area contributed by atoms with E-state index in [-0.39, 0.29) is 5.91 Å². The molecule has 0 unspecified atom stereocenters. The highest BCUT2D eigenvalue weighted by atomic mass is 16.5. The lowest BCUT2D eigenvalue weighted by Gasteiger charge is -2.07. The fraction of sp³-hybridized carbons (Fsp3) is 0.0455. The maximum absolute atomic E-state index is 12.1. The van der Waals surface area contributed by atoms with Crippen LogP contribution in [0, 0.1) is 0 Å². The van der Waals surface area contributed by atoms with Crippen LogP contribution < -0.4 is 10.1 Å². The highest BCUT2D eigenvalue weighted by Crippen LogP contribution is 2.22. The monoisotopic (exact) mass is 329 g/mol. The number of rotatable bonds is 5. The molecule has 1 N–H and O–H groups in total. The predicted octanol–water partition coefficient (Wildman–Crippen LogP) is 5.27. The second kappa shape index (κ2) is 7.97. The van der Waals surface area contributed by atoms with Gasteiger partial charge in [0, 0.05) is 11.3 Å². The molecule has 3 rings (SSSR count). The van der Waals surface area contributed by atoms with Crippen molar-refractivity contribution in [3.8, 4) is 16.9 Å². The van der Waals surface area contributed by atoms with Crippen LogP contribution in [-0.2, 0) is 4.79 Å². The molecule has 0 bridgehead atoms. The third kappa shape index (κ3) is 4.58. The summed E-state index contributed by atoms with van der Waals surface area (Å²) in [5.74, 6) is 0.499. The van der Waals surface area contributed by atoms with Crippen molar-refractivity contribution < 1.29 is 9.53 Å². The molecule has 0 heterocycles. The summed E-state index contributed by atoms with van der Waals surface area (Å²) in [4.78, 5) is 12.1.